The molecule has 0 aliphatic rings. The summed E-state index contributed by atoms with van der Waals surface area (Å²) in [5.74, 6) is 0.655. The lowest BCUT2D eigenvalue weighted by Crippen LogP contribution is -2.01. The lowest BCUT2D eigenvalue weighted by molar-refractivity contribution is 0.436. The van der Waals surface area contributed by atoms with Crippen LogP contribution in [0.3, 0.4) is 0 Å². The molecule has 0 bridgehead atoms. The van der Waals surface area contributed by atoms with Gasteiger partial charge in [-0.15, -0.1) is 0 Å². The van der Waals surface area contributed by atoms with Crippen LogP contribution >= 0.6 is 31.9 Å². The van der Waals surface area contributed by atoms with Crippen LogP contribution in [-0.2, 0) is 6.54 Å². The van der Waals surface area contributed by atoms with Crippen LogP contribution in [0.1, 0.15) is 5.69 Å². The SMILES string of the molecule is NCc1ccnc(Oc2ccc(Br)cc2Br)n1. The molecule has 0 saturated carbocycles. The third-order valence-electron chi connectivity index (χ3n) is 2.00. The second-order valence-electron chi connectivity index (χ2n) is 3.21. The Hall–Kier alpha value is -0.980. The number of ether oxygens (including phenoxy) is 1. The van der Waals surface area contributed by atoms with Gasteiger partial charge in [-0.1, -0.05) is 15.9 Å². The first kappa shape index (κ1) is 12.5. The van der Waals surface area contributed by atoms with Crippen molar-refractivity contribution >= 4 is 31.9 Å². The van der Waals surface area contributed by atoms with Crippen molar-refractivity contribution in [2.45, 2.75) is 6.54 Å². The zero-order valence-corrected chi connectivity index (χ0v) is 11.9. The van der Waals surface area contributed by atoms with Gasteiger partial charge < -0.3 is 10.5 Å². The van der Waals surface area contributed by atoms with Crippen LogP contribution < -0.4 is 10.5 Å². The van der Waals surface area contributed by atoms with Gasteiger partial charge >= 0.3 is 6.01 Å². The normalized spacial score (nSPS) is 10.3. The molecule has 0 aliphatic carbocycles. The van der Waals surface area contributed by atoms with Gasteiger partial charge in [0.25, 0.3) is 0 Å². The molecule has 0 atom stereocenters. The van der Waals surface area contributed by atoms with Gasteiger partial charge in [0.15, 0.2) is 0 Å². The van der Waals surface area contributed by atoms with Gasteiger partial charge in [-0.2, -0.15) is 4.98 Å². The summed E-state index contributed by atoms with van der Waals surface area (Å²) in [4.78, 5) is 8.18. The van der Waals surface area contributed by atoms with Crippen LogP contribution in [-0.4, -0.2) is 9.97 Å². The molecule has 1 heterocycles. The third-order valence-corrected chi connectivity index (χ3v) is 3.11. The Labute approximate surface area is 115 Å². The van der Waals surface area contributed by atoms with Gasteiger partial charge in [0.1, 0.15) is 5.75 Å². The summed E-state index contributed by atoms with van der Waals surface area (Å²) in [6.45, 7) is 0.361. The predicted molar refractivity (Wildman–Crippen MR) is 71.8 cm³/mol. The van der Waals surface area contributed by atoms with Crippen molar-refractivity contribution in [3.8, 4) is 11.8 Å². The molecule has 0 radical (unpaired) electrons. The minimum atomic E-state index is 0.288. The topological polar surface area (TPSA) is 61.0 Å². The van der Waals surface area contributed by atoms with E-state index in [1.165, 1.54) is 0 Å². The number of halogens is 2. The largest absolute Gasteiger partial charge is 0.423 e. The van der Waals surface area contributed by atoms with Gasteiger partial charge in [-0.3, -0.25) is 0 Å². The standard InChI is InChI=1S/C11H9Br2N3O/c12-7-1-2-10(9(13)5-7)17-11-15-4-3-8(6-14)16-11/h1-5H,6,14H2. The minimum absolute atomic E-state index is 0.288. The van der Waals surface area contributed by atoms with Gasteiger partial charge in [0, 0.05) is 17.2 Å². The first-order valence-electron chi connectivity index (χ1n) is 4.84. The van der Waals surface area contributed by atoms with Crippen molar-refractivity contribution in [1.82, 2.24) is 9.97 Å². The van der Waals surface area contributed by atoms with E-state index in [0.717, 1.165) is 14.6 Å². The van der Waals surface area contributed by atoms with Gasteiger partial charge in [-0.25, -0.2) is 4.98 Å². The fourth-order valence-electron chi connectivity index (χ4n) is 1.20. The number of aromatic nitrogens is 2. The van der Waals surface area contributed by atoms with Crippen LogP contribution in [0.25, 0.3) is 0 Å². The van der Waals surface area contributed by atoms with Crippen LogP contribution in [0.5, 0.6) is 11.8 Å². The monoisotopic (exact) mass is 357 g/mol. The maximum atomic E-state index is 5.56. The highest BCUT2D eigenvalue weighted by atomic mass is 79.9. The Balaban J connectivity index is 2.25. The summed E-state index contributed by atoms with van der Waals surface area (Å²) in [5.41, 5.74) is 6.24. The molecule has 2 rings (SSSR count). The second kappa shape index (κ2) is 5.57. The average molecular weight is 359 g/mol. The zero-order valence-electron chi connectivity index (χ0n) is 8.73. The second-order valence-corrected chi connectivity index (χ2v) is 4.98. The first-order valence-corrected chi connectivity index (χ1v) is 6.42. The van der Waals surface area contributed by atoms with E-state index in [4.69, 9.17) is 10.5 Å². The van der Waals surface area contributed by atoms with Gasteiger partial charge in [0.2, 0.25) is 0 Å². The van der Waals surface area contributed by atoms with E-state index < -0.39 is 0 Å². The highest BCUT2D eigenvalue weighted by Crippen LogP contribution is 2.30. The summed E-state index contributed by atoms with van der Waals surface area (Å²) >= 11 is 6.78. The molecule has 1 aromatic heterocycles. The highest BCUT2D eigenvalue weighted by molar-refractivity contribution is 9.11. The average Bonchev–Trinajstić information content (AvgIpc) is 2.33. The number of hydrogen-bond acceptors (Lipinski definition) is 4. The Morgan fingerprint density at radius 2 is 2.06 bits per heavy atom. The summed E-state index contributed by atoms with van der Waals surface area (Å²) in [6.07, 6.45) is 1.62. The van der Waals surface area contributed by atoms with Crippen LogP contribution in [0, 0.1) is 0 Å². The molecule has 2 aromatic rings. The number of benzene rings is 1. The number of hydrogen-bond donors (Lipinski definition) is 1. The lowest BCUT2D eigenvalue weighted by atomic mass is 10.3. The van der Waals surface area contributed by atoms with Crippen molar-refractivity contribution in [3.63, 3.8) is 0 Å². The van der Waals surface area contributed by atoms with E-state index >= 15 is 0 Å². The fraction of sp³-hybridized carbons (Fsp3) is 0.0909. The molecular formula is C11H9Br2N3O. The quantitative estimate of drug-likeness (QED) is 0.914. The van der Waals surface area contributed by atoms with Crippen molar-refractivity contribution in [3.05, 3.63) is 45.1 Å². The Kier molecular flexibility index (Phi) is 4.09. The molecule has 0 spiro atoms. The van der Waals surface area contributed by atoms with Gasteiger partial charge in [-0.05, 0) is 40.2 Å². The molecular weight excluding hydrogens is 350 g/mol. The Morgan fingerprint density at radius 1 is 1.24 bits per heavy atom. The highest BCUT2D eigenvalue weighted by Gasteiger charge is 2.05. The Bertz CT molecular complexity index is 534. The molecule has 0 unspecified atom stereocenters. The molecule has 0 aliphatic heterocycles. The van der Waals surface area contributed by atoms with E-state index in [1.54, 1.807) is 12.3 Å². The smallest absolute Gasteiger partial charge is 0.322 e. The third kappa shape index (κ3) is 3.24. The molecule has 0 amide bonds. The lowest BCUT2D eigenvalue weighted by Gasteiger charge is -2.06. The van der Waals surface area contributed by atoms with E-state index in [0.29, 0.717) is 12.3 Å². The number of nitrogens with two attached hydrogens (primary N) is 1. The zero-order chi connectivity index (χ0) is 12.3. The summed E-state index contributed by atoms with van der Waals surface area (Å²) in [5, 5.41) is 0. The minimum Gasteiger partial charge on any atom is -0.423 e. The number of nitrogens with zero attached hydrogens (tertiary/aromatic N) is 2. The summed E-state index contributed by atoms with van der Waals surface area (Å²) in [7, 11) is 0. The van der Waals surface area contributed by atoms with E-state index in [9.17, 15) is 0 Å². The first-order chi connectivity index (χ1) is 8.19. The molecule has 4 nitrogen and oxygen atoms in total. The fourth-order valence-corrected chi connectivity index (χ4v) is 2.32. The number of rotatable bonds is 3. The molecule has 6 heteroatoms. The molecule has 17 heavy (non-hydrogen) atoms. The van der Waals surface area contributed by atoms with Crippen LogP contribution in [0.15, 0.2) is 39.4 Å². The van der Waals surface area contributed by atoms with Crippen molar-refractivity contribution in [2.24, 2.45) is 5.73 Å². The molecule has 88 valence electrons. The molecule has 0 fully saturated rings. The maximum Gasteiger partial charge on any atom is 0.322 e. The van der Waals surface area contributed by atoms with E-state index in [-0.39, 0.29) is 6.01 Å². The summed E-state index contributed by atoms with van der Waals surface area (Å²) in [6, 6.07) is 7.64. The van der Waals surface area contributed by atoms with Crippen molar-refractivity contribution in [1.29, 1.82) is 0 Å². The van der Waals surface area contributed by atoms with Crippen molar-refractivity contribution < 1.29 is 4.74 Å². The van der Waals surface area contributed by atoms with E-state index in [2.05, 4.69) is 41.8 Å². The predicted octanol–water partition coefficient (Wildman–Crippen LogP) is 3.25. The summed E-state index contributed by atoms with van der Waals surface area (Å²) < 4.78 is 7.35. The Morgan fingerprint density at radius 3 is 2.76 bits per heavy atom. The van der Waals surface area contributed by atoms with E-state index in [1.807, 2.05) is 18.2 Å². The van der Waals surface area contributed by atoms with Crippen molar-refractivity contribution in [2.75, 3.05) is 0 Å². The van der Waals surface area contributed by atoms with Gasteiger partial charge in [0.05, 0.1) is 10.2 Å². The molecule has 2 N–H and O–H groups in total. The van der Waals surface area contributed by atoms with Crippen LogP contribution in [0.4, 0.5) is 0 Å². The molecule has 0 saturated heterocycles. The maximum absolute atomic E-state index is 5.56. The molecule has 1 aromatic carbocycles. The van der Waals surface area contributed by atoms with Crippen LogP contribution in [0.2, 0.25) is 0 Å².